The number of nitrogens with two attached hydrogens (primary N) is 1. The highest BCUT2D eigenvalue weighted by Gasteiger charge is 2.34. The number of imide groups is 1. The third kappa shape index (κ3) is 10.8. The molecule has 11 heteroatoms. The Morgan fingerprint density at radius 1 is 1.00 bits per heavy atom. The number of piperidine rings is 1. The second kappa shape index (κ2) is 16.3. The summed E-state index contributed by atoms with van der Waals surface area (Å²) in [5.41, 5.74) is 5.28. The predicted octanol–water partition coefficient (Wildman–Crippen LogP) is 0.905. The Hall–Kier alpha value is -2.53. The topological polar surface area (TPSA) is 171 Å². The fourth-order valence-corrected chi connectivity index (χ4v) is 5.47. The minimum absolute atomic E-state index is 0.113. The summed E-state index contributed by atoms with van der Waals surface area (Å²) < 4.78 is 0. The maximum atomic E-state index is 13.4. The quantitative estimate of drug-likeness (QED) is 0.223. The van der Waals surface area contributed by atoms with E-state index in [9.17, 15) is 24.0 Å². The van der Waals surface area contributed by atoms with Crippen LogP contribution < -0.4 is 21.7 Å². The van der Waals surface area contributed by atoms with Crippen molar-refractivity contribution in [2.75, 3.05) is 26.2 Å². The molecule has 210 valence electrons. The first-order valence-electron chi connectivity index (χ1n) is 13.8. The molecule has 0 bridgehead atoms. The molecule has 0 unspecified atom stereocenters. The van der Waals surface area contributed by atoms with Crippen molar-refractivity contribution in [2.45, 2.75) is 96.1 Å². The molecule has 0 spiro atoms. The average molecular weight is 524 g/mol. The van der Waals surface area contributed by atoms with Crippen molar-refractivity contribution in [3.8, 4) is 0 Å². The molecule has 1 saturated carbocycles. The lowest BCUT2D eigenvalue weighted by molar-refractivity contribution is -0.145. The molecule has 0 radical (unpaired) electrons. The van der Waals surface area contributed by atoms with Gasteiger partial charge in [-0.25, -0.2) is 0 Å². The van der Waals surface area contributed by atoms with Crippen LogP contribution in [-0.2, 0) is 24.0 Å². The molecule has 2 rings (SSSR count). The summed E-state index contributed by atoms with van der Waals surface area (Å²) in [6.45, 7) is 3.74. The van der Waals surface area contributed by atoms with Gasteiger partial charge in [0.1, 0.15) is 12.1 Å². The van der Waals surface area contributed by atoms with Crippen LogP contribution in [-0.4, -0.2) is 77.9 Å². The zero-order valence-corrected chi connectivity index (χ0v) is 22.1. The predicted molar refractivity (Wildman–Crippen MR) is 138 cm³/mol. The Morgan fingerprint density at radius 3 is 2.27 bits per heavy atom. The molecule has 1 aliphatic heterocycles. The SMILES string of the molecule is CCN(C(=O)CCCC1CCNCC1)[C@@H](CC1CCCCC1)C(=O)NC(=O)[C@H](CC(=O)O)NC(=O)CN. The molecular formula is C26H45N5O6. The number of hydrogen-bond donors (Lipinski definition) is 5. The number of nitrogens with zero attached hydrogens (tertiary/aromatic N) is 1. The molecule has 0 aromatic heterocycles. The molecule has 6 N–H and O–H groups in total. The number of nitrogens with one attached hydrogen (secondary N) is 3. The van der Waals surface area contributed by atoms with Crippen LogP contribution in [0.4, 0.5) is 0 Å². The normalized spacial score (nSPS) is 18.4. The molecule has 1 aliphatic carbocycles. The zero-order valence-electron chi connectivity index (χ0n) is 22.1. The van der Waals surface area contributed by atoms with E-state index in [4.69, 9.17) is 10.8 Å². The highest BCUT2D eigenvalue weighted by molar-refractivity contribution is 6.03. The number of carbonyl (C=O) groups is 5. The summed E-state index contributed by atoms with van der Waals surface area (Å²) >= 11 is 0. The van der Waals surface area contributed by atoms with Crippen molar-refractivity contribution < 1.29 is 29.1 Å². The minimum Gasteiger partial charge on any atom is -0.481 e. The smallest absolute Gasteiger partial charge is 0.305 e. The molecule has 2 atom stereocenters. The molecule has 0 aromatic carbocycles. The first kappa shape index (κ1) is 30.7. The second-order valence-corrected chi connectivity index (χ2v) is 10.3. The molecule has 4 amide bonds. The van der Waals surface area contributed by atoms with Gasteiger partial charge >= 0.3 is 5.97 Å². The van der Waals surface area contributed by atoms with Gasteiger partial charge in [0.2, 0.25) is 23.6 Å². The maximum Gasteiger partial charge on any atom is 0.305 e. The summed E-state index contributed by atoms with van der Waals surface area (Å²) in [7, 11) is 0. The van der Waals surface area contributed by atoms with Gasteiger partial charge in [0, 0.05) is 13.0 Å². The van der Waals surface area contributed by atoms with Gasteiger partial charge in [-0.3, -0.25) is 29.3 Å². The van der Waals surface area contributed by atoms with Crippen LogP contribution in [0.2, 0.25) is 0 Å². The summed E-state index contributed by atoms with van der Waals surface area (Å²) in [5.74, 6) is -2.80. The number of aliphatic carboxylic acids is 1. The van der Waals surface area contributed by atoms with Crippen LogP contribution in [0.5, 0.6) is 0 Å². The van der Waals surface area contributed by atoms with E-state index in [2.05, 4.69) is 16.0 Å². The Kier molecular flexibility index (Phi) is 13.6. The number of likely N-dealkylation sites (N-methyl/N-ethyl adjacent to an activating group) is 1. The van der Waals surface area contributed by atoms with E-state index in [0.29, 0.717) is 25.3 Å². The number of amides is 4. The van der Waals surface area contributed by atoms with Crippen LogP contribution in [0, 0.1) is 11.8 Å². The van der Waals surface area contributed by atoms with Crippen molar-refractivity contribution >= 4 is 29.6 Å². The second-order valence-electron chi connectivity index (χ2n) is 10.3. The van der Waals surface area contributed by atoms with Crippen molar-refractivity contribution in [3.05, 3.63) is 0 Å². The maximum absolute atomic E-state index is 13.4. The zero-order chi connectivity index (χ0) is 27.2. The van der Waals surface area contributed by atoms with Crippen LogP contribution >= 0.6 is 0 Å². The highest BCUT2D eigenvalue weighted by atomic mass is 16.4. The molecule has 1 saturated heterocycles. The molecule has 2 aliphatic rings. The van der Waals surface area contributed by atoms with E-state index in [0.717, 1.165) is 70.9 Å². The van der Waals surface area contributed by atoms with E-state index >= 15 is 0 Å². The Bertz CT molecular complexity index is 779. The molecular weight excluding hydrogens is 478 g/mol. The van der Waals surface area contributed by atoms with Gasteiger partial charge in [-0.1, -0.05) is 32.1 Å². The van der Waals surface area contributed by atoms with Crippen LogP contribution in [0.1, 0.15) is 84.0 Å². The average Bonchev–Trinajstić information content (AvgIpc) is 2.89. The van der Waals surface area contributed by atoms with Gasteiger partial charge in [-0.15, -0.1) is 0 Å². The summed E-state index contributed by atoms with van der Waals surface area (Å²) in [5, 5.41) is 17.0. The van der Waals surface area contributed by atoms with Gasteiger partial charge in [-0.2, -0.15) is 0 Å². The van der Waals surface area contributed by atoms with Gasteiger partial charge in [0.05, 0.1) is 13.0 Å². The number of carboxylic acid groups (broad SMARTS) is 1. The lowest BCUT2D eigenvalue weighted by Crippen LogP contribution is -2.56. The molecule has 11 nitrogen and oxygen atoms in total. The van der Waals surface area contributed by atoms with Crippen molar-refractivity contribution in [3.63, 3.8) is 0 Å². The van der Waals surface area contributed by atoms with E-state index in [1.54, 1.807) is 4.90 Å². The van der Waals surface area contributed by atoms with E-state index in [1.165, 1.54) is 0 Å². The van der Waals surface area contributed by atoms with Gasteiger partial charge in [0.25, 0.3) is 0 Å². The lowest BCUT2D eigenvalue weighted by Gasteiger charge is -2.34. The first-order valence-corrected chi connectivity index (χ1v) is 13.8. The van der Waals surface area contributed by atoms with E-state index in [1.807, 2.05) is 6.92 Å². The third-order valence-corrected chi connectivity index (χ3v) is 7.55. The van der Waals surface area contributed by atoms with E-state index < -0.39 is 48.7 Å². The fraction of sp³-hybridized carbons (Fsp3) is 0.808. The van der Waals surface area contributed by atoms with Crippen LogP contribution in [0.25, 0.3) is 0 Å². The number of rotatable bonds is 14. The first-order chi connectivity index (χ1) is 17.7. The molecule has 1 heterocycles. The summed E-state index contributed by atoms with van der Waals surface area (Å²) in [6.07, 6.45) is 9.27. The third-order valence-electron chi connectivity index (χ3n) is 7.55. The molecule has 37 heavy (non-hydrogen) atoms. The van der Waals surface area contributed by atoms with Crippen molar-refractivity contribution in [1.29, 1.82) is 0 Å². The van der Waals surface area contributed by atoms with Crippen LogP contribution in [0.15, 0.2) is 0 Å². The van der Waals surface area contributed by atoms with Gasteiger partial charge < -0.3 is 26.4 Å². The monoisotopic (exact) mass is 523 g/mol. The molecule has 2 fully saturated rings. The lowest BCUT2D eigenvalue weighted by atomic mass is 9.84. The minimum atomic E-state index is -1.44. The number of carboxylic acids is 1. The summed E-state index contributed by atoms with van der Waals surface area (Å²) in [6, 6.07) is -2.28. The fourth-order valence-electron chi connectivity index (χ4n) is 5.47. The Labute approximate surface area is 219 Å². The Morgan fingerprint density at radius 2 is 1.68 bits per heavy atom. The standard InChI is InChI=1S/C26H45N5O6/c1-2-31(23(33)10-6-9-18-11-13-28-14-12-18)21(15-19-7-4-3-5-8-19)26(37)30-25(36)20(16-24(34)35)29-22(32)17-27/h18-21,28H,2-17,27H2,1H3,(H,29,32)(H,34,35)(H,30,36,37)/t20-,21-/m0/s1. The van der Waals surface area contributed by atoms with Crippen molar-refractivity contribution in [1.82, 2.24) is 20.9 Å². The Balaban J connectivity index is 2.09. The molecule has 0 aromatic rings. The highest BCUT2D eigenvalue weighted by Crippen LogP contribution is 2.29. The largest absolute Gasteiger partial charge is 0.481 e. The number of hydrogen-bond acceptors (Lipinski definition) is 7. The van der Waals surface area contributed by atoms with Gasteiger partial charge in [0.15, 0.2) is 0 Å². The van der Waals surface area contributed by atoms with Crippen LogP contribution in [0.3, 0.4) is 0 Å². The number of carbonyl (C=O) groups excluding carboxylic acids is 4. The van der Waals surface area contributed by atoms with E-state index in [-0.39, 0.29) is 11.8 Å². The van der Waals surface area contributed by atoms with Gasteiger partial charge in [-0.05, 0) is 64.0 Å². The summed E-state index contributed by atoms with van der Waals surface area (Å²) in [4.78, 5) is 63.9. The van der Waals surface area contributed by atoms with Crippen molar-refractivity contribution in [2.24, 2.45) is 17.6 Å².